The number of carbonyl (C=O) groups excluding carboxylic acids is 1. The van der Waals surface area contributed by atoms with E-state index in [9.17, 15) is 22.4 Å². The number of nitrogens with one attached hydrogen (secondary N) is 1. The Labute approximate surface area is 157 Å². The van der Waals surface area contributed by atoms with E-state index in [0.717, 1.165) is 6.07 Å². The molecule has 5 nitrogen and oxygen atoms in total. The van der Waals surface area contributed by atoms with Crippen LogP contribution in [0.1, 0.15) is 22.3 Å². The van der Waals surface area contributed by atoms with Gasteiger partial charge < -0.3 is 14.6 Å². The SMILES string of the molecule is O=C(c1ccccc1C(F)(F)F)N1CC[C@@H](Nc2nc3cccc(F)c3o2)C1. The Bertz CT molecular complexity index is 1030. The third-order valence-electron chi connectivity index (χ3n) is 4.63. The molecule has 4 rings (SSSR count). The van der Waals surface area contributed by atoms with Crippen LogP contribution >= 0.6 is 0 Å². The molecule has 0 aliphatic carbocycles. The van der Waals surface area contributed by atoms with Gasteiger partial charge in [0, 0.05) is 19.1 Å². The molecule has 1 atom stereocenters. The molecule has 0 saturated carbocycles. The fraction of sp³-hybridized carbons (Fsp3) is 0.263. The summed E-state index contributed by atoms with van der Waals surface area (Å²) < 4.78 is 58.5. The van der Waals surface area contributed by atoms with Crippen LogP contribution in [0.15, 0.2) is 46.9 Å². The smallest absolute Gasteiger partial charge is 0.417 e. The first-order valence-electron chi connectivity index (χ1n) is 8.60. The molecule has 1 aliphatic rings. The van der Waals surface area contributed by atoms with Crippen molar-refractivity contribution in [2.45, 2.75) is 18.6 Å². The maximum absolute atomic E-state index is 13.7. The molecule has 0 spiro atoms. The zero-order valence-corrected chi connectivity index (χ0v) is 14.5. The second kappa shape index (κ2) is 6.81. The highest BCUT2D eigenvalue weighted by atomic mass is 19.4. The number of rotatable bonds is 3. The largest absolute Gasteiger partial charge is 0.420 e. The molecule has 1 saturated heterocycles. The number of alkyl halides is 3. The quantitative estimate of drug-likeness (QED) is 0.674. The van der Waals surface area contributed by atoms with Crippen molar-refractivity contribution in [3.05, 3.63) is 59.4 Å². The first kappa shape index (κ1) is 18.3. The van der Waals surface area contributed by atoms with E-state index in [4.69, 9.17) is 4.42 Å². The first-order valence-corrected chi connectivity index (χ1v) is 8.60. The Morgan fingerprint density at radius 2 is 1.96 bits per heavy atom. The highest BCUT2D eigenvalue weighted by molar-refractivity contribution is 5.96. The van der Waals surface area contributed by atoms with Crippen molar-refractivity contribution in [3.8, 4) is 0 Å². The maximum atomic E-state index is 13.7. The van der Waals surface area contributed by atoms with Crippen LogP contribution in [-0.4, -0.2) is 34.9 Å². The standard InChI is InChI=1S/C19H15F4N3O2/c20-14-6-3-7-15-16(14)28-18(25-15)24-11-8-9-26(10-11)17(27)12-4-1-2-5-13(12)19(21,22)23/h1-7,11H,8-10H2,(H,24,25)/t11-/m1/s1. The lowest BCUT2D eigenvalue weighted by Gasteiger charge is -2.19. The van der Waals surface area contributed by atoms with Gasteiger partial charge in [0.15, 0.2) is 11.4 Å². The number of likely N-dealkylation sites (tertiary alicyclic amines) is 1. The zero-order chi connectivity index (χ0) is 19.9. The Morgan fingerprint density at radius 1 is 1.18 bits per heavy atom. The Hall–Kier alpha value is -3.10. The van der Waals surface area contributed by atoms with Gasteiger partial charge in [0.25, 0.3) is 11.9 Å². The van der Waals surface area contributed by atoms with Crippen molar-refractivity contribution in [2.24, 2.45) is 0 Å². The number of aromatic nitrogens is 1. The van der Waals surface area contributed by atoms with Crippen molar-refractivity contribution < 1.29 is 26.8 Å². The molecule has 28 heavy (non-hydrogen) atoms. The van der Waals surface area contributed by atoms with Gasteiger partial charge in [0.05, 0.1) is 11.1 Å². The van der Waals surface area contributed by atoms with Gasteiger partial charge in [-0.3, -0.25) is 4.79 Å². The highest BCUT2D eigenvalue weighted by Gasteiger charge is 2.37. The van der Waals surface area contributed by atoms with Crippen LogP contribution in [0.5, 0.6) is 0 Å². The van der Waals surface area contributed by atoms with Crippen molar-refractivity contribution in [1.82, 2.24) is 9.88 Å². The lowest BCUT2D eigenvalue weighted by molar-refractivity contribution is -0.138. The molecule has 1 amide bonds. The van der Waals surface area contributed by atoms with Crippen molar-refractivity contribution in [2.75, 3.05) is 18.4 Å². The van der Waals surface area contributed by atoms with Gasteiger partial charge in [-0.05, 0) is 30.7 Å². The molecule has 1 fully saturated rings. The third-order valence-corrected chi connectivity index (χ3v) is 4.63. The lowest BCUT2D eigenvalue weighted by Crippen LogP contribution is -2.33. The summed E-state index contributed by atoms with van der Waals surface area (Å²) in [5.41, 5.74) is -0.951. The topological polar surface area (TPSA) is 58.4 Å². The fourth-order valence-corrected chi connectivity index (χ4v) is 3.30. The van der Waals surface area contributed by atoms with E-state index in [1.54, 1.807) is 6.07 Å². The zero-order valence-electron chi connectivity index (χ0n) is 14.5. The first-order chi connectivity index (χ1) is 13.3. The van der Waals surface area contributed by atoms with Gasteiger partial charge in [-0.25, -0.2) is 4.39 Å². The van der Waals surface area contributed by atoms with Crippen LogP contribution in [0.3, 0.4) is 0 Å². The minimum Gasteiger partial charge on any atom is -0.420 e. The molecule has 3 aromatic rings. The van der Waals surface area contributed by atoms with Crippen LogP contribution in [0.2, 0.25) is 0 Å². The number of hydrogen-bond donors (Lipinski definition) is 1. The summed E-state index contributed by atoms with van der Waals surface area (Å²) in [6.45, 7) is 0.476. The van der Waals surface area contributed by atoms with Gasteiger partial charge in [0.2, 0.25) is 0 Å². The molecule has 0 bridgehead atoms. The minimum atomic E-state index is -4.61. The number of halogens is 4. The second-order valence-corrected chi connectivity index (χ2v) is 6.53. The molecule has 9 heteroatoms. The molecule has 0 radical (unpaired) electrons. The number of nitrogens with zero attached hydrogens (tertiary/aromatic N) is 2. The molecule has 1 N–H and O–H groups in total. The van der Waals surface area contributed by atoms with E-state index in [0.29, 0.717) is 11.9 Å². The lowest BCUT2D eigenvalue weighted by atomic mass is 10.1. The Kier molecular flexibility index (Phi) is 4.44. The van der Waals surface area contributed by atoms with E-state index in [-0.39, 0.29) is 36.3 Å². The average Bonchev–Trinajstić information content (AvgIpc) is 3.28. The summed E-state index contributed by atoms with van der Waals surface area (Å²) in [6, 6.07) is 8.94. The molecule has 1 aromatic heterocycles. The Balaban J connectivity index is 1.48. The van der Waals surface area contributed by atoms with E-state index < -0.39 is 23.5 Å². The van der Waals surface area contributed by atoms with Crippen LogP contribution in [0, 0.1) is 5.82 Å². The van der Waals surface area contributed by atoms with E-state index >= 15 is 0 Å². The van der Waals surface area contributed by atoms with Gasteiger partial charge in [-0.2, -0.15) is 18.2 Å². The van der Waals surface area contributed by atoms with Gasteiger partial charge >= 0.3 is 6.18 Å². The van der Waals surface area contributed by atoms with Crippen molar-refractivity contribution in [1.29, 1.82) is 0 Å². The third kappa shape index (κ3) is 3.39. The van der Waals surface area contributed by atoms with Crippen molar-refractivity contribution in [3.63, 3.8) is 0 Å². The predicted molar refractivity (Wildman–Crippen MR) is 93.3 cm³/mol. The molecule has 2 aromatic carbocycles. The molecular weight excluding hydrogens is 378 g/mol. The number of hydrogen-bond acceptors (Lipinski definition) is 4. The van der Waals surface area contributed by atoms with Crippen LogP contribution in [0.4, 0.5) is 23.6 Å². The van der Waals surface area contributed by atoms with Gasteiger partial charge in [0.1, 0.15) is 5.52 Å². The molecule has 1 aliphatic heterocycles. The number of amides is 1. The maximum Gasteiger partial charge on any atom is 0.417 e. The van der Waals surface area contributed by atoms with Gasteiger partial charge in [-0.15, -0.1) is 0 Å². The number of fused-ring (bicyclic) bond motifs is 1. The monoisotopic (exact) mass is 393 g/mol. The summed E-state index contributed by atoms with van der Waals surface area (Å²) in [7, 11) is 0. The van der Waals surface area contributed by atoms with Gasteiger partial charge in [-0.1, -0.05) is 18.2 Å². The van der Waals surface area contributed by atoms with Crippen LogP contribution < -0.4 is 5.32 Å². The number of benzene rings is 2. The highest BCUT2D eigenvalue weighted by Crippen LogP contribution is 2.33. The van der Waals surface area contributed by atoms with Crippen molar-refractivity contribution >= 4 is 23.0 Å². The molecule has 2 heterocycles. The van der Waals surface area contributed by atoms with Crippen LogP contribution in [0.25, 0.3) is 11.1 Å². The fourth-order valence-electron chi connectivity index (χ4n) is 3.30. The summed E-state index contributed by atoms with van der Waals surface area (Å²) >= 11 is 0. The predicted octanol–water partition coefficient (Wildman–Crippen LogP) is 4.31. The number of anilines is 1. The summed E-state index contributed by atoms with van der Waals surface area (Å²) in [4.78, 5) is 18.1. The normalized spacial score (nSPS) is 17.3. The average molecular weight is 393 g/mol. The summed E-state index contributed by atoms with van der Waals surface area (Å²) in [6.07, 6.45) is -4.10. The molecule has 146 valence electrons. The minimum absolute atomic E-state index is 0.0232. The van der Waals surface area contributed by atoms with Crippen LogP contribution in [-0.2, 0) is 6.18 Å². The Morgan fingerprint density at radius 3 is 2.71 bits per heavy atom. The number of oxazole rings is 1. The summed E-state index contributed by atoms with van der Waals surface area (Å²) in [5.74, 6) is -1.22. The molecule has 0 unspecified atom stereocenters. The van der Waals surface area contributed by atoms with E-state index in [1.807, 2.05) is 0 Å². The number of carbonyl (C=O) groups is 1. The van der Waals surface area contributed by atoms with E-state index in [2.05, 4.69) is 10.3 Å². The van der Waals surface area contributed by atoms with E-state index in [1.165, 1.54) is 35.2 Å². The summed E-state index contributed by atoms with van der Waals surface area (Å²) in [5, 5.41) is 2.98. The number of para-hydroxylation sites is 1. The second-order valence-electron chi connectivity index (χ2n) is 6.53. The molecular formula is C19H15F4N3O2.